The van der Waals surface area contributed by atoms with Crippen LogP contribution < -0.4 is 4.74 Å². The van der Waals surface area contributed by atoms with E-state index in [9.17, 15) is 4.79 Å². The van der Waals surface area contributed by atoms with Gasteiger partial charge in [-0.25, -0.2) is 0 Å². The van der Waals surface area contributed by atoms with E-state index in [0.717, 1.165) is 59.5 Å². The minimum atomic E-state index is 0.245. The molecule has 3 aromatic rings. The topological polar surface area (TPSA) is 55.0 Å². The van der Waals surface area contributed by atoms with Crippen molar-refractivity contribution in [1.82, 2.24) is 9.97 Å². The summed E-state index contributed by atoms with van der Waals surface area (Å²) >= 11 is 0. The molecule has 0 radical (unpaired) electrons. The van der Waals surface area contributed by atoms with Crippen LogP contribution in [0, 0.1) is 0 Å². The predicted octanol–water partition coefficient (Wildman–Crippen LogP) is 4.98. The number of benzene rings is 1. The second kappa shape index (κ2) is 7.78. The normalized spacial score (nSPS) is 13.4. The van der Waals surface area contributed by atoms with Crippen molar-refractivity contribution in [3.05, 3.63) is 71.2 Å². The molecule has 0 spiro atoms. The number of fused-ring (bicyclic) bond motifs is 1. The van der Waals surface area contributed by atoms with E-state index in [4.69, 9.17) is 4.74 Å². The van der Waals surface area contributed by atoms with Gasteiger partial charge in [-0.2, -0.15) is 0 Å². The van der Waals surface area contributed by atoms with Crippen molar-refractivity contribution in [3.63, 3.8) is 0 Å². The first-order chi connectivity index (χ1) is 13.3. The van der Waals surface area contributed by atoms with Gasteiger partial charge in [0.2, 0.25) is 0 Å². The molecule has 27 heavy (non-hydrogen) atoms. The summed E-state index contributed by atoms with van der Waals surface area (Å²) < 4.78 is 5.94. The number of aryl methyl sites for hydroxylation is 1. The van der Waals surface area contributed by atoms with Gasteiger partial charge < -0.3 is 9.72 Å². The van der Waals surface area contributed by atoms with Crippen molar-refractivity contribution >= 4 is 5.78 Å². The molecule has 0 saturated heterocycles. The molecule has 1 aliphatic rings. The van der Waals surface area contributed by atoms with Gasteiger partial charge in [0.05, 0.1) is 18.5 Å². The first kappa shape index (κ1) is 17.5. The zero-order valence-electron chi connectivity index (χ0n) is 15.6. The molecule has 1 aliphatic carbocycles. The van der Waals surface area contributed by atoms with Crippen LogP contribution in [0.1, 0.15) is 53.4 Å². The van der Waals surface area contributed by atoms with Gasteiger partial charge in [0.15, 0.2) is 5.78 Å². The van der Waals surface area contributed by atoms with Gasteiger partial charge in [-0.3, -0.25) is 9.78 Å². The molecule has 0 amide bonds. The summed E-state index contributed by atoms with van der Waals surface area (Å²) in [6.07, 6.45) is 7.65. The van der Waals surface area contributed by atoms with Crippen LogP contribution in [0.2, 0.25) is 0 Å². The lowest BCUT2D eigenvalue weighted by molar-refractivity contribution is 0.0971. The first-order valence-electron chi connectivity index (χ1n) is 9.66. The van der Waals surface area contributed by atoms with Crippen LogP contribution >= 0.6 is 0 Å². The Labute approximate surface area is 159 Å². The maximum absolute atomic E-state index is 12.7. The molecule has 1 N–H and O–H groups in total. The smallest absolute Gasteiger partial charge is 0.165 e. The fraction of sp³-hybridized carbons (Fsp3) is 0.304. The van der Waals surface area contributed by atoms with E-state index < -0.39 is 0 Å². The number of ether oxygens (including phenoxy) is 1. The molecule has 4 heteroatoms. The largest absolute Gasteiger partial charge is 0.491 e. The second-order valence-electron chi connectivity index (χ2n) is 6.99. The highest BCUT2D eigenvalue weighted by molar-refractivity contribution is 6.01. The van der Waals surface area contributed by atoms with E-state index in [1.165, 1.54) is 5.56 Å². The van der Waals surface area contributed by atoms with E-state index in [1.54, 1.807) is 12.4 Å². The van der Waals surface area contributed by atoms with E-state index in [2.05, 4.69) is 29.0 Å². The van der Waals surface area contributed by atoms with E-state index in [0.29, 0.717) is 13.0 Å². The molecule has 0 saturated carbocycles. The molecule has 0 atom stereocenters. The third-order valence-electron chi connectivity index (χ3n) is 5.03. The molecule has 1 aromatic carbocycles. The van der Waals surface area contributed by atoms with Crippen LogP contribution in [0.3, 0.4) is 0 Å². The Hall–Kier alpha value is -2.88. The Bertz CT molecular complexity index is 944. The number of aromatic nitrogens is 2. The Morgan fingerprint density at radius 2 is 2.00 bits per heavy atom. The van der Waals surface area contributed by atoms with Gasteiger partial charge in [-0.15, -0.1) is 0 Å². The van der Waals surface area contributed by atoms with Crippen LogP contribution in [0.4, 0.5) is 0 Å². The number of pyridine rings is 1. The molecular weight excluding hydrogens is 336 g/mol. The minimum Gasteiger partial charge on any atom is -0.491 e. The lowest BCUT2D eigenvalue weighted by Crippen LogP contribution is -2.11. The molecule has 2 heterocycles. The second-order valence-corrected chi connectivity index (χ2v) is 6.99. The van der Waals surface area contributed by atoms with Gasteiger partial charge in [-0.05, 0) is 36.5 Å². The van der Waals surface area contributed by atoms with Crippen molar-refractivity contribution in [2.75, 3.05) is 6.61 Å². The minimum absolute atomic E-state index is 0.245. The summed E-state index contributed by atoms with van der Waals surface area (Å²) in [5.41, 5.74) is 6.19. The lowest BCUT2D eigenvalue weighted by Gasteiger charge is -2.13. The third-order valence-corrected chi connectivity index (χ3v) is 5.03. The van der Waals surface area contributed by atoms with Crippen LogP contribution in [0.5, 0.6) is 5.75 Å². The number of ketones is 1. The zero-order valence-corrected chi connectivity index (χ0v) is 15.6. The molecular formula is C23H24N2O2. The van der Waals surface area contributed by atoms with Crippen LogP contribution in [-0.2, 0) is 12.8 Å². The highest BCUT2D eigenvalue weighted by Gasteiger charge is 2.27. The van der Waals surface area contributed by atoms with E-state index in [1.807, 2.05) is 24.3 Å². The predicted molar refractivity (Wildman–Crippen MR) is 106 cm³/mol. The van der Waals surface area contributed by atoms with Gasteiger partial charge in [0, 0.05) is 35.9 Å². The molecule has 2 aromatic heterocycles. The van der Waals surface area contributed by atoms with Crippen LogP contribution in [-0.4, -0.2) is 22.4 Å². The highest BCUT2D eigenvalue weighted by atomic mass is 16.5. The molecule has 0 bridgehead atoms. The number of hydrogen-bond donors (Lipinski definition) is 1. The number of hydrogen-bond acceptors (Lipinski definition) is 3. The number of H-pyrrole nitrogens is 1. The molecule has 0 fully saturated rings. The fourth-order valence-electron chi connectivity index (χ4n) is 3.79. The summed E-state index contributed by atoms with van der Waals surface area (Å²) in [5, 5.41) is 0. The Kier molecular flexibility index (Phi) is 5.05. The molecule has 4 rings (SSSR count). The number of Topliss-reactive ketones (excluding diaryl/α,β-unsaturated/α-hetero) is 1. The number of nitrogens with one attached hydrogen (secondary N) is 1. The Morgan fingerprint density at radius 3 is 2.81 bits per heavy atom. The average molecular weight is 360 g/mol. The molecule has 0 aliphatic heterocycles. The average Bonchev–Trinajstić information content (AvgIpc) is 3.07. The number of carbonyl (C=O) groups is 1. The lowest BCUT2D eigenvalue weighted by atomic mass is 9.89. The maximum Gasteiger partial charge on any atom is 0.165 e. The van der Waals surface area contributed by atoms with Crippen LogP contribution in [0.15, 0.2) is 48.8 Å². The highest BCUT2D eigenvalue weighted by Crippen LogP contribution is 2.38. The summed E-state index contributed by atoms with van der Waals surface area (Å²) in [6, 6.07) is 12.3. The number of carbonyl (C=O) groups excluding carboxylic acids is 1. The Morgan fingerprint density at radius 1 is 1.15 bits per heavy atom. The number of aromatic amines is 1. The zero-order chi connectivity index (χ0) is 18.6. The van der Waals surface area contributed by atoms with Gasteiger partial charge in [-0.1, -0.05) is 37.3 Å². The monoisotopic (exact) mass is 360 g/mol. The quantitative estimate of drug-likeness (QED) is 0.675. The van der Waals surface area contributed by atoms with E-state index >= 15 is 0 Å². The summed E-state index contributed by atoms with van der Waals surface area (Å²) in [6.45, 7) is 2.73. The summed E-state index contributed by atoms with van der Waals surface area (Å²) in [5.74, 6) is 1.01. The van der Waals surface area contributed by atoms with Crippen molar-refractivity contribution in [3.8, 4) is 17.0 Å². The molecule has 138 valence electrons. The van der Waals surface area contributed by atoms with Crippen molar-refractivity contribution in [2.24, 2.45) is 0 Å². The SMILES string of the molecule is CCCOc1cnccc1-c1[nH]c2c(c1Cc1ccccc1)C(=O)CCC2. The number of nitrogens with zero attached hydrogens (tertiary/aromatic N) is 1. The summed E-state index contributed by atoms with van der Waals surface area (Å²) in [4.78, 5) is 20.5. The van der Waals surface area contributed by atoms with Gasteiger partial charge >= 0.3 is 0 Å². The van der Waals surface area contributed by atoms with Gasteiger partial charge in [0.25, 0.3) is 0 Å². The van der Waals surface area contributed by atoms with Crippen LogP contribution in [0.25, 0.3) is 11.3 Å². The fourth-order valence-corrected chi connectivity index (χ4v) is 3.79. The molecule has 0 unspecified atom stereocenters. The maximum atomic E-state index is 12.7. The van der Waals surface area contributed by atoms with Crippen molar-refractivity contribution < 1.29 is 9.53 Å². The molecule has 4 nitrogen and oxygen atoms in total. The summed E-state index contributed by atoms with van der Waals surface area (Å²) in [7, 11) is 0. The van der Waals surface area contributed by atoms with Gasteiger partial charge in [0.1, 0.15) is 5.75 Å². The van der Waals surface area contributed by atoms with Crippen molar-refractivity contribution in [1.29, 1.82) is 0 Å². The standard InChI is InChI=1S/C23H24N2O2/c1-2-13-27-21-15-24-12-11-17(21)23-18(14-16-7-4-3-5-8-16)22-19(25-23)9-6-10-20(22)26/h3-5,7-8,11-12,15,25H,2,6,9-10,13-14H2,1H3. The number of rotatable bonds is 6. The van der Waals surface area contributed by atoms with Crippen molar-refractivity contribution in [2.45, 2.75) is 39.0 Å². The third kappa shape index (κ3) is 3.52. The first-order valence-corrected chi connectivity index (χ1v) is 9.66. The Balaban J connectivity index is 1.85. The van der Waals surface area contributed by atoms with E-state index in [-0.39, 0.29) is 5.78 Å².